The van der Waals surface area contributed by atoms with Crippen LogP contribution in [-0.2, 0) is 4.79 Å². The molecular weight excluding hydrogens is 200 g/mol. The highest BCUT2D eigenvalue weighted by Crippen LogP contribution is 2.48. The van der Waals surface area contributed by atoms with Gasteiger partial charge < -0.3 is 10.6 Å². The molecule has 2 bridgehead atoms. The van der Waals surface area contributed by atoms with Crippen molar-refractivity contribution in [3.8, 4) is 0 Å². The van der Waals surface area contributed by atoms with Gasteiger partial charge in [0.15, 0.2) is 0 Å². The van der Waals surface area contributed by atoms with Crippen LogP contribution in [0.25, 0.3) is 0 Å². The summed E-state index contributed by atoms with van der Waals surface area (Å²) in [5.74, 6) is 2.94. The molecule has 2 fully saturated rings. The fraction of sp³-hybridized carbons (Fsp3) is 0.923. The van der Waals surface area contributed by atoms with Crippen LogP contribution in [0.5, 0.6) is 0 Å². The predicted octanol–water partition coefficient (Wildman–Crippen LogP) is 1.62. The van der Waals surface area contributed by atoms with E-state index in [1.54, 1.807) is 0 Å². The molecule has 3 unspecified atom stereocenters. The van der Waals surface area contributed by atoms with Crippen LogP contribution in [0, 0.1) is 17.8 Å². The quantitative estimate of drug-likeness (QED) is 0.771. The Bertz CT molecular complexity index is 254. The van der Waals surface area contributed by atoms with E-state index in [-0.39, 0.29) is 5.91 Å². The predicted molar refractivity (Wildman–Crippen MR) is 64.9 cm³/mol. The van der Waals surface area contributed by atoms with Gasteiger partial charge in [0.1, 0.15) is 0 Å². The number of rotatable bonds is 5. The first-order valence-electron chi connectivity index (χ1n) is 6.64. The lowest BCUT2D eigenvalue weighted by Crippen LogP contribution is -2.33. The summed E-state index contributed by atoms with van der Waals surface area (Å²) in [6, 6.07) is 0. The molecule has 92 valence electrons. The van der Waals surface area contributed by atoms with Crippen molar-refractivity contribution in [2.24, 2.45) is 23.5 Å². The van der Waals surface area contributed by atoms with E-state index in [1.165, 1.54) is 25.7 Å². The first-order valence-corrected chi connectivity index (χ1v) is 6.64. The zero-order valence-corrected chi connectivity index (χ0v) is 10.3. The monoisotopic (exact) mass is 224 g/mol. The van der Waals surface area contributed by atoms with Gasteiger partial charge >= 0.3 is 0 Å². The molecule has 2 N–H and O–H groups in total. The molecule has 3 heteroatoms. The molecule has 1 amide bonds. The summed E-state index contributed by atoms with van der Waals surface area (Å²) in [4.78, 5) is 13.7. The van der Waals surface area contributed by atoms with Crippen LogP contribution in [0.3, 0.4) is 0 Å². The molecule has 0 heterocycles. The number of amides is 1. The summed E-state index contributed by atoms with van der Waals surface area (Å²) in [6.07, 6.45) is 7.06. The summed E-state index contributed by atoms with van der Waals surface area (Å²) in [5, 5.41) is 0. The minimum atomic E-state index is 0.272. The molecule has 2 aliphatic rings. The maximum absolute atomic E-state index is 11.8. The van der Waals surface area contributed by atoms with Crippen LogP contribution in [0.15, 0.2) is 0 Å². The lowest BCUT2D eigenvalue weighted by Gasteiger charge is -2.27. The molecule has 3 nitrogen and oxygen atoms in total. The number of nitrogens with two attached hydrogens (primary N) is 1. The maximum Gasteiger partial charge on any atom is 0.222 e. The highest BCUT2D eigenvalue weighted by molar-refractivity contribution is 5.75. The second kappa shape index (κ2) is 5.17. The van der Waals surface area contributed by atoms with Crippen molar-refractivity contribution >= 4 is 5.91 Å². The molecule has 0 aromatic carbocycles. The number of carbonyl (C=O) groups is 1. The molecule has 0 saturated heterocycles. The van der Waals surface area contributed by atoms with Crippen LogP contribution in [0.2, 0.25) is 0 Å². The van der Waals surface area contributed by atoms with E-state index in [4.69, 9.17) is 5.73 Å². The Balaban J connectivity index is 1.74. The first kappa shape index (κ1) is 11.9. The topological polar surface area (TPSA) is 46.3 Å². The number of carbonyl (C=O) groups excluding carboxylic acids is 1. The molecule has 2 rings (SSSR count). The second-order valence-corrected chi connectivity index (χ2v) is 5.60. The van der Waals surface area contributed by atoms with Crippen LogP contribution in [0.1, 0.15) is 38.5 Å². The number of hydrogen-bond acceptors (Lipinski definition) is 2. The van der Waals surface area contributed by atoms with Crippen molar-refractivity contribution < 1.29 is 4.79 Å². The van der Waals surface area contributed by atoms with Gasteiger partial charge in [0, 0.05) is 20.0 Å². The van der Waals surface area contributed by atoms with E-state index in [1.807, 2.05) is 11.9 Å². The summed E-state index contributed by atoms with van der Waals surface area (Å²) < 4.78 is 0. The molecule has 2 aliphatic carbocycles. The van der Waals surface area contributed by atoms with E-state index in [0.29, 0.717) is 13.0 Å². The molecule has 3 atom stereocenters. The molecule has 0 aromatic rings. The smallest absolute Gasteiger partial charge is 0.222 e. The minimum Gasteiger partial charge on any atom is -0.345 e. The normalized spacial score (nSPS) is 32.0. The standard InChI is InChI=1S/C13H24N2O/c1-15(13(16)3-2-6-14)9-12-8-10-4-5-11(12)7-10/h10-12H,2-9,14H2,1H3. The third kappa shape index (κ3) is 2.57. The van der Waals surface area contributed by atoms with Crippen LogP contribution >= 0.6 is 0 Å². The molecule has 2 saturated carbocycles. The Labute approximate surface area is 98.4 Å². The van der Waals surface area contributed by atoms with E-state index < -0.39 is 0 Å². The van der Waals surface area contributed by atoms with E-state index in [0.717, 1.165) is 30.7 Å². The fourth-order valence-corrected chi connectivity index (χ4v) is 3.50. The number of nitrogens with zero attached hydrogens (tertiary/aromatic N) is 1. The maximum atomic E-state index is 11.8. The van der Waals surface area contributed by atoms with Crippen LogP contribution in [0.4, 0.5) is 0 Å². The Morgan fingerprint density at radius 3 is 2.75 bits per heavy atom. The molecule has 0 spiro atoms. The number of hydrogen-bond donors (Lipinski definition) is 1. The summed E-state index contributed by atoms with van der Waals surface area (Å²) >= 11 is 0. The Hall–Kier alpha value is -0.570. The van der Waals surface area contributed by atoms with E-state index in [2.05, 4.69) is 0 Å². The lowest BCUT2D eigenvalue weighted by atomic mass is 9.88. The van der Waals surface area contributed by atoms with Gasteiger partial charge in [-0.3, -0.25) is 4.79 Å². The van der Waals surface area contributed by atoms with Gasteiger partial charge in [-0.15, -0.1) is 0 Å². The molecule has 0 radical (unpaired) electrons. The van der Waals surface area contributed by atoms with Crippen molar-refractivity contribution in [2.75, 3.05) is 20.1 Å². The van der Waals surface area contributed by atoms with Crippen LogP contribution < -0.4 is 5.73 Å². The molecule has 0 aliphatic heterocycles. The average Bonchev–Trinajstić information content (AvgIpc) is 2.87. The Morgan fingerprint density at radius 1 is 1.38 bits per heavy atom. The van der Waals surface area contributed by atoms with E-state index >= 15 is 0 Å². The van der Waals surface area contributed by atoms with Gasteiger partial charge in [0.05, 0.1) is 0 Å². The highest BCUT2D eigenvalue weighted by Gasteiger charge is 2.39. The average molecular weight is 224 g/mol. The largest absolute Gasteiger partial charge is 0.345 e. The van der Waals surface area contributed by atoms with Gasteiger partial charge in [-0.05, 0) is 50.0 Å². The summed E-state index contributed by atoms with van der Waals surface area (Å²) in [7, 11) is 1.95. The molecule has 0 aromatic heterocycles. The highest BCUT2D eigenvalue weighted by atomic mass is 16.2. The zero-order chi connectivity index (χ0) is 11.5. The van der Waals surface area contributed by atoms with Gasteiger partial charge in [-0.25, -0.2) is 0 Å². The SMILES string of the molecule is CN(CC1CC2CCC1C2)C(=O)CCCN. The van der Waals surface area contributed by atoms with Crippen molar-refractivity contribution in [2.45, 2.75) is 38.5 Å². The van der Waals surface area contributed by atoms with Crippen LogP contribution in [-0.4, -0.2) is 30.9 Å². The Morgan fingerprint density at radius 2 is 2.19 bits per heavy atom. The first-order chi connectivity index (χ1) is 7.70. The van der Waals surface area contributed by atoms with Crippen molar-refractivity contribution in [3.05, 3.63) is 0 Å². The van der Waals surface area contributed by atoms with Crippen molar-refractivity contribution in [3.63, 3.8) is 0 Å². The summed E-state index contributed by atoms with van der Waals surface area (Å²) in [5.41, 5.74) is 5.42. The van der Waals surface area contributed by atoms with Gasteiger partial charge in [0.2, 0.25) is 5.91 Å². The van der Waals surface area contributed by atoms with Crippen molar-refractivity contribution in [1.29, 1.82) is 0 Å². The number of fused-ring (bicyclic) bond motifs is 2. The Kier molecular flexibility index (Phi) is 3.85. The third-order valence-electron chi connectivity index (χ3n) is 4.41. The van der Waals surface area contributed by atoms with Gasteiger partial charge in [0.25, 0.3) is 0 Å². The zero-order valence-electron chi connectivity index (χ0n) is 10.3. The lowest BCUT2D eigenvalue weighted by molar-refractivity contribution is -0.130. The summed E-state index contributed by atoms with van der Waals surface area (Å²) in [6.45, 7) is 1.60. The minimum absolute atomic E-state index is 0.272. The third-order valence-corrected chi connectivity index (χ3v) is 4.41. The molecular formula is C13H24N2O. The van der Waals surface area contributed by atoms with E-state index in [9.17, 15) is 4.79 Å². The second-order valence-electron chi connectivity index (χ2n) is 5.60. The molecule has 16 heavy (non-hydrogen) atoms. The van der Waals surface area contributed by atoms with Gasteiger partial charge in [-0.1, -0.05) is 6.42 Å². The fourth-order valence-electron chi connectivity index (χ4n) is 3.50. The van der Waals surface area contributed by atoms with Gasteiger partial charge in [-0.2, -0.15) is 0 Å². The van der Waals surface area contributed by atoms with Crippen molar-refractivity contribution in [1.82, 2.24) is 4.90 Å².